The van der Waals surface area contributed by atoms with Crippen molar-refractivity contribution < 1.29 is 9.53 Å². The SMILES string of the molecule is CCCCN1C(=Nc2ccc(C(=O)OC)cc2C)SC[C@@H]1CC(C)C. The molecule has 0 spiro atoms. The Hall–Kier alpha value is -1.49. The maximum Gasteiger partial charge on any atom is 0.337 e. The number of ether oxygens (including phenoxy) is 1. The van der Waals surface area contributed by atoms with E-state index in [0.717, 1.165) is 28.7 Å². The first-order valence-electron chi connectivity index (χ1n) is 9.13. The number of thioether (sulfide) groups is 1. The Balaban J connectivity index is 2.23. The molecule has 138 valence electrons. The lowest BCUT2D eigenvalue weighted by molar-refractivity contribution is 0.0600. The number of benzene rings is 1. The summed E-state index contributed by atoms with van der Waals surface area (Å²) in [6.45, 7) is 9.86. The molecular weight excluding hydrogens is 332 g/mol. The fourth-order valence-corrected chi connectivity index (χ4v) is 4.30. The zero-order valence-corrected chi connectivity index (χ0v) is 16.9. The first-order chi connectivity index (χ1) is 12.0. The lowest BCUT2D eigenvalue weighted by Crippen LogP contribution is -2.35. The van der Waals surface area contributed by atoms with Crippen molar-refractivity contribution in [3.8, 4) is 0 Å². The van der Waals surface area contributed by atoms with E-state index >= 15 is 0 Å². The van der Waals surface area contributed by atoms with Crippen LogP contribution in [0.25, 0.3) is 0 Å². The molecule has 0 unspecified atom stereocenters. The number of aryl methyl sites for hydroxylation is 1. The molecule has 0 saturated carbocycles. The third-order valence-corrected chi connectivity index (χ3v) is 5.56. The molecule has 1 aromatic rings. The molecule has 1 heterocycles. The summed E-state index contributed by atoms with van der Waals surface area (Å²) in [6.07, 6.45) is 3.58. The van der Waals surface area contributed by atoms with E-state index in [-0.39, 0.29) is 5.97 Å². The van der Waals surface area contributed by atoms with Gasteiger partial charge in [0.1, 0.15) is 0 Å². The number of aliphatic imine (C=N–C) groups is 1. The third kappa shape index (κ3) is 5.24. The van der Waals surface area contributed by atoms with Crippen LogP contribution >= 0.6 is 11.8 Å². The highest BCUT2D eigenvalue weighted by Crippen LogP contribution is 2.31. The first-order valence-corrected chi connectivity index (χ1v) is 10.1. The molecule has 0 aromatic heterocycles. The van der Waals surface area contributed by atoms with Gasteiger partial charge in [0.25, 0.3) is 0 Å². The molecule has 1 aliphatic rings. The minimum absolute atomic E-state index is 0.306. The van der Waals surface area contributed by atoms with Crippen LogP contribution in [0, 0.1) is 12.8 Å². The second-order valence-corrected chi connectivity index (χ2v) is 8.02. The van der Waals surface area contributed by atoms with Gasteiger partial charge in [0.15, 0.2) is 5.17 Å². The summed E-state index contributed by atoms with van der Waals surface area (Å²) >= 11 is 1.85. The molecule has 5 heteroatoms. The highest BCUT2D eigenvalue weighted by atomic mass is 32.2. The number of carbonyl (C=O) groups is 1. The molecule has 0 amide bonds. The summed E-state index contributed by atoms with van der Waals surface area (Å²) in [5.41, 5.74) is 2.50. The van der Waals surface area contributed by atoms with Gasteiger partial charge in [-0.05, 0) is 49.4 Å². The highest BCUT2D eigenvalue weighted by molar-refractivity contribution is 8.14. The van der Waals surface area contributed by atoms with Crippen LogP contribution in [-0.4, -0.2) is 41.5 Å². The number of esters is 1. The highest BCUT2D eigenvalue weighted by Gasteiger charge is 2.30. The molecule has 25 heavy (non-hydrogen) atoms. The molecular formula is C20H30N2O2S. The van der Waals surface area contributed by atoms with E-state index in [1.54, 1.807) is 6.07 Å². The summed E-state index contributed by atoms with van der Waals surface area (Å²) in [6, 6.07) is 6.14. The van der Waals surface area contributed by atoms with Crippen molar-refractivity contribution in [2.45, 2.75) is 53.0 Å². The van der Waals surface area contributed by atoms with Crippen LogP contribution in [0.3, 0.4) is 0 Å². The minimum Gasteiger partial charge on any atom is -0.465 e. The van der Waals surface area contributed by atoms with Crippen LogP contribution in [0.15, 0.2) is 23.2 Å². The number of amidine groups is 1. The molecule has 4 nitrogen and oxygen atoms in total. The van der Waals surface area contributed by atoms with Gasteiger partial charge in [0, 0.05) is 18.3 Å². The maximum absolute atomic E-state index is 11.7. The summed E-state index contributed by atoms with van der Waals surface area (Å²) in [5.74, 6) is 1.49. The van der Waals surface area contributed by atoms with Crippen molar-refractivity contribution >= 4 is 28.6 Å². The third-order valence-electron chi connectivity index (χ3n) is 4.42. The van der Waals surface area contributed by atoms with Crippen LogP contribution in [0.5, 0.6) is 0 Å². The van der Waals surface area contributed by atoms with Crippen molar-refractivity contribution in [3.63, 3.8) is 0 Å². The minimum atomic E-state index is -0.306. The van der Waals surface area contributed by atoms with Crippen molar-refractivity contribution in [2.24, 2.45) is 10.9 Å². The molecule has 1 atom stereocenters. The zero-order chi connectivity index (χ0) is 18.4. The van der Waals surface area contributed by atoms with Crippen molar-refractivity contribution in [3.05, 3.63) is 29.3 Å². The number of methoxy groups -OCH3 is 1. The lowest BCUT2D eigenvalue weighted by Gasteiger charge is -2.27. The van der Waals surface area contributed by atoms with Crippen molar-refractivity contribution in [1.82, 2.24) is 4.90 Å². The number of hydrogen-bond donors (Lipinski definition) is 0. The molecule has 1 aromatic carbocycles. The smallest absolute Gasteiger partial charge is 0.337 e. The standard InChI is InChI=1S/C20H30N2O2S/c1-6-7-10-22-17(11-14(2)3)13-25-20(22)21-18-9-8-16(12-15(18)4)19(23)24-5/h8-9,12,14,17H,6-7,10-11,13H2,1-5H3/t17-/m0/s1. The Bertz CT molecular complexity index is 628. The number of unbranched alkanes of at least 4 members (excludes halogenated alkanes) is 1. The van der Waals surface area contributed by atoms with Gasteiger partial charge in [0.2, 0.25) is 0 Å². The molecule has 0 bridgehead atoms. The lowest BCUT2D eigenvalue weighted by atomic mass is 10.0. The van der Waals surface area contributed by atoms with Gasteiger partial charge < -0.3 is 9.64 Å². The average Bonchev–Trinajstić information content (AvgIpc) is 2.94. The Kier molecular flexibility index (Phi) is 7.36. The largest absolute Gasteiger partial charge is 0.465 e. The van der Waals surface area contributed by atoms with Gasteiger partial charge in [-0.25, -0.2) is 9.79 Å². The van der Waals surface area contributed by atoms with Crippen LogP contribution in [-0.2, 0) is 4.74 Å². The second kappa shape index (κ2) is 9.27. The Labute approximate surface area is 156 Å². The topological polar surface area (TPSA) is 41.9 Å². The molecule has 0 aliphatic carbocycles. The number of nitrogens with zero attached hydrogens (tertiary/aromatic N) is 2. The van der Waals surface area contributed by atoms with Gasteiger partial charge in [-0.2, -0.15) is 0 Å². The van der Waals surface area contributed by atoms with Gasteiger partial charge in [-0.3, -0.25) is 0 Å². The van der Waals surface area contributed by atoms with Gasteiger partial charge in [-0.15, -0.1) is 0 Å². The molecule has 1 fully saturated rings. The summed E-state index contributed by atoms with van der Waals surface area (Å²) < 4.78 is 4.79. The van der Waals surface area contributed by atoms with E-state index in [1.165, 1.54) is 26.4 Å². The molecule has 1 saturated heterocycles. The number of carbonyl (C=O) groups excluding carboxylic acids is 1. The fraction of sp³-hybridized carbons (Fsp3) is 0.600. The molecule has 2 rings (SSSR count). The van der Waals surface area contributed by atoms with Crippen molar-refractivity contribution in [2.75, 3.05) is 19.4 Å². The van der Waals surface area contributed by atoms with Crippen LogP contribution < -0.4 is 0 Å². The van der Waals surface area contributed by atoms with Crippen LogP contribution in [0.2, 0.25) is 0 Å². The van der Waals surface area contributed by atoms with Gasteiger partial charge >= 0.3 is 5.97 Å². The molecule has 0 N–H and O–H groups in total. The second-order valence-electron chi connectivity index (χ2n) is 7.03. The molecule has 0 radical (unpaired) electrons. The quantitative estimate of drug-likeness (QED) is 0.638. The van der Waals surface area contributed by atoms with Gasteiger partial charge in [0.05, 0.1) is 18.4 Å². The van der Waals surface area contributed by atoms with E-state index in [9.17, 15) is 4.79 Å². The van der Waals surface area contributed by atoms with E-state index in [1.807, 2.05) is 30.8 Å². The van der Waals surface area contributed by atoms with Crippen molar-refractivity contribution in [1.29, 1.82) is 0 Å². The first kappa shape index (κ1) is 19.8. The van der Waals surface area contributed by atoms with Crippen LogP contribution in [0.1, 0.15) is 56.0 Å². The Morgan fingerprint density at radius 1 is 1.44 bits per heavy atom. The van der Waals surface area contributed by atoms with Crippen LogP contribution in [0.4, 0.5) is 5.69 Å². The van der Waals surface area contributed by atoms with Gasteiger partial charge in [-0.1, -0.05) is 39.0 Å². The van der Waals surface area contributed by atoms with E-state index in [4.69, 9.17) is 9.73 Å². The normalized spacial score (nSPS) is 19.0. The number of rotatable bonds is 7. The summed E-state index contributed by atoms with van der Waals surface area (Å²) in [7, 11) is 1.40. The summed E-state index contributed by atoms with van der Waals surface area (Å²) in [4.78, 5) is 19.1. The fourth-order valence-electron chi connectivity index (χ4n) is 3.07. The van der Waals surface area contributed by atoms with E-state index in [2.05, 4.69) is 25.7 Å². The van der Waals surface area contributed by atoms with E-state index < -0.39 is 0 Å². The predicted molar refractivity (Wildman–Crippen MR) is 107 cm³/mol. The zero-order valence-electron chi connectivity index (χ0n) is 16.0. The predicted octanol–water partition coefficient (Wildman–Crippen LogP) is 5.03. The summed E-state index contributed by atoms with van der Waals surface area (Å²) in [5, 5.41) is 1.12. The molecule has 1 aliphatic heterocycles. The monoisotopic (exact) mass is 362 g/mol. The number of hydrogen-bond acceptors (Lipinski definition) is 4. The average molecular weight is 363 g/mol. The Morgan fingerprint density at radius 3 is 2.80 bits per heavy atom. The van der Waals surface area contributed by atoms with E-state index in [0.29, 0.717) is 17.5 Å². The Morgan fingerprint density at radius 2 is 2.20 bits per heavy atom. The maximum atomic E-state index is 11.7.